The summed E-state index contributed by atoms with van der Waals surface area (Å²) in [5.74, 6) is 0.244. The first-order chi connectivity index (χ1) is 12.7. The summed E-state index contributed by atoms with van der Waals surface area (Å²) >= 11 is 0. The molecule has 0 saturated heterocycles. The molecular weight excluding hydrogens is 326 g/mol. The summed E-state index contributed by atoms with van der Waals surface area (Å²) in [4.78, 5) is 15.5. The second-order valence-electron chi connectivity index (χ2n) is 5.63. The number of carbonyl (C=O) groups is 1. The lowest BCUT2D eigenvalue weighted by molar-refractivity contribution is -0.134. The number of methoxy groups -OCH3 is 1. The van der Waals surface area contributed by atoms with Crippen LogP contribution in [-0.2, 0) is 9.53 Å². The van der Waals surface area contributed by atoms with Gasteiger partial charge in [-0.2, -0.15) is 0 Å². The van der Waals surface area contributed by atoms with Gasteiger partial charge in [0.05, 0.1) is 12.8 Å². The van der Waals surface area contributed by atoms with E-state index in [1.807, 2.05) is 48.5 Å². The Kier molecular flexibility index (Phi) is 5.29. The molecule has 0 atom stereocenters. The van der Waals surface area contributed by atoms with E-state index in [1.54, 1.807) is 24.4 Å². The number of esters is 1. The SMILES string of the molecule is COC(=O)/C=C/c1cccc(-c2cccc(Nc3ncccc3N)c2)c1. The average Bonchev–Trinajstić information content (AvgIpc) is 2.68. The van der Waals surface area contributed by atoms with Crippen molar-refractivity contribution >= 4 is 29.2 Å². The van der Waals surface area contributed by atoms with E-state index in [1.165, 1.54) is 13.2 Å². The number of nitrogens with one attached hydrogen (secondary N) is 1. The van der Waals surface area contributed by atoms with Crippen LogP contribution in [0.15, 0.2) is 72.9 Å². The molecule has 0 aliphatic carbocycles. The molecule has 0 fully saturated rings. The van der Waals surface area contributed by atoms with Gasteiger partial charge in [-0.05, 0) is 53.1 Å². The highest BCUT2D eigenvalue weighted by atomic mass is 16.5. The summed E-state index contributed by atoms with van der Waals surface area (Å²) in [6.07, 6.45) is 4.83. The summed E-state index contributed by atoms with van der Waals surface area (Å²) in [7, 11) is 1.36. The molecule has 3 aromatic rings. The fourth-order valence-electron chi connectivity index (χ4n) is 2.49. The van der Waals surface area contributed by atoms with E-state index in [9.17, 15) is 4.79 Å². The van der Waals surface area contributed by atoms with Gasteiger partial charge in [0.1, 0.15) is 0 Å². The van der Waals surface area contributed by atoms with E-state index in [2.05, 4.69) is 15.0 Å². The number of hydrogen-bond donors (Lipinski definition) is 2. The second-order valence-corrected chi connectivity index (χ2v) is 5.63. The van der Waals surface area contributed by atoms with Crippen LogP contribution in [0.1, 0.15) is 5.56 Å². The lowest BCUT2D eigenvalue weighted by atomic mass is 10.0. The van der Waals surface area contributed by atoms with E-state index in [0.717, 1.165) is 22.4 Å². The standard InChI is InChI=1S/C21H19N3O2/c1-26-20(25)11-10-15-5-2-6-16(13-15)17-7-3-8-18(14-17)24-21-19(22)9-4-12-23-21/h2-14H,22H2,1H3,(H,23,24)/b11-10+. The summed E-state index contributed by atoms with van der Waals surface area (Å²) in [5.41, 5.74) is 10.4. The first kappa shape index (κ1) is 17.2. The van der Waals surface area contributed by atoms with Crippen molar-refractivity contribution in [2.75, 3.05) is 18.2 Å². The smallest absolute Gasteiger partial charge is 0.330 e. The third-order valence-electron chi connectivity index (χ3n) is 3.80. The van der Waals surface area contributed by atoms with Crippen LogP contribution in [0.25, 0.3) is 17.2 Å². The number of ether oxygens (including phenoxy) is 1. The van der Waals surface area contributed by atoms with Crippen molar-refractivity contribution in [2.45, 2.75) is 0 Å². The molecule has 1 aromatic heterocycles. The van der Waals surface area contributed by atoms with Gasteiger partial charge < -0.3 is 15.8 Å². The monoisotopic (exact) mass is 345 g/mol. The van der Waals surface area contributed by atoms with Crippen molar-refractivity contribution in [2.24, 2.45) is 0 Å². The molecule has 0 saturated carbocycles. The fourth-order valence-corrected chi connectivity index (χ4v) is 2.49. The van der Waals surface area contributed by atoms with E-state index in [4.69, 9.17) is 5.73 Å². The summed E-state index contributed by atoms with van der Waals surface area (Å²) in [6, 6.07) is 19.5. The summed E-state index contributed by atoms with van der Waals surface area (Å²) in [6.45, 7) is 0. The van der Waals surface area contributed by atoms with Crippen LogP contribution in [0.4, 0.5) is 17.2 Å². The maximum absolute atomic E-state index is 11.3. The minimum atomic E-state index is -0.380. The van der Waals surface area contributed by atoms with Crippen molar-refractivity contribution in [1.82, 2.24) is 4.98 Å². The van der Waals surface area contributed by atoms with Crippen molar-refractivity contribution in [3.63, 3.8) is 0 Å². The van der Waals surface area contributed by atoms with Crippen LogP contribution >= 0.6 is 0 Å². The largest absolute Gasteiger partial charge is 0.466 e. The molecule has 0 radical (unpaired) electrons. The van der Waals surface area contributed by atoms with Gasteiger partial charge in [-0.25, -0.2) is 9.78 Å². The molecule has 26 heavy (non-hydrogen) atoms. The Bertz CT molecular complexity index is 951. The maximum Gasteiger partial charge on any atom is 0.330 e. The highest BCUT2D eigenvalue weighted by Crippen LogP contribution is 2.26. The van der Waals surface area contributed by atoms with Gasteiger partial charge in [-0.1, -0.05) is 30.3 Å². The molecule has 3 N–H and O–H groups in total. The predicted octanol–water partition coefficient (Wildman–Crippen LogP) is 4.26. The Morgan fingerprint density at radius 1 is 1.08 bits per heavy atom. The molecule has 5 heteroatoms. The van der Waals surface area contributed by atoms with Gasteiger partial charge in [0.2, 0.25) is 0 Å². The number of carbonyl (C=O) groups excluding carboxylic acids is 1. The number of nitrogens with two attached hydrogens (primary N) is 1. The van der Waals surface area contributed by atoms with Crippen molar-refractivity contribution in [3.05, 3.63) is 78.5 Å². The molecule has 0 spiro atoms. The van der Waals surface area contributed by atoms with E-state index >= 15 is 0 Å². The first-order valence-corrected chi connectivity index (χ1v) is 8.10. The molecule has 0 aliphatic heterocycles. The first-order valence-electron chi connectivity index (χ1n) is 8.10. The van der Waals surface area contributed by atoms with Crippen molar-refractivity contribution in [1.29, 1.82) is 0 Å². The molecule has 0 aliphatic rings. The molecule has 0 bridgehead atoms. The van der Waals surface area contributed by atoms with Gasteiger partial charge >= 0.3 is 5.97 Å². The lowest BCUT2D eigenvalue weighted by Gasteiger charge is -2.10. The Labute approximate surface area is 152 Å². The predicted molar refractivity (Wildman–Crippen MR) is 105 cm³/mol. The minimum absolute atomic E-state index is 0.380. The van der Waals surface area contributed by atoms with E-state index in [0.29, 0.717) is 11.5 Å². The van der Waals surface area contributed by atoms with Crippen LogP contribution < -0.4 is 11.1 Å². The van der Waals surface area contributed by atoms with Gasteiger partial charge in [-0.15, -0.1) is 0 Å². The lowest BCUT2D eigenvalue weighted by Crippen LogP contribution is -1.98. The quantitative estimate of drug-likeness (QED) is 0.534. The third-order valence-corrected chi connectivity index (χ3v) is 3.80. The Balaban J connectivity index is 1.85. The molecule has 130 valence electrons. The number of nitrogen functional groups attached to an aromatic ring is 1. The van der Waals surface area contributed by atoms with Crippen LogP contribution in [0.5, 0.6) is 0 Å². The van der Waals surface area contributed by atoms with E-state index < -0.39 is 0 Å². The highest BCUT2D eigenvalue weighted by Gasteiger charge is 2.03. The van der Waals surface area contributed by atoms with Crippen molar-refractivity contribution < 1.29 is 9.53 Å². The van der Waals surface area contributed by atoms with Crippen LogP contribution in [0.2, 0.25) is 0 Å². The summed E-state index contributed by atoms with van der Waals surface area (Å²) in [5, 5.41) is 3.23. The number of pyridine rings is 1. The molecule has 2 aromatic carbocycles. The Hall–Kier alpha value is -3.60. The molecule has 0 unspecified atom stereocenters. The fraction of sp³-hybridized carbons (Fsp3) is 0.0476. The van der Waals surface area contributed by atoms with E-state index in [-0.39, 0.29) is 5.97 Å². The zero-order chi connectivity index (χ0) is 18.4. The molecule has 3 rings (SSSR count). The number of hydrogen-bond acceptors (Lipinski definition) is 5. The Morgan fingerprint density at radius 2 is 1.85 bits per heavy atom. The topological polar surface area (TPSA) is 77.2 Å². The zero-order valence-corrected chi connectivity index (χ0v) is 14.3. The van der Waals surface area contributed by atoms with Gasteiger partial charge in [-0.3, -0.25) is 0 Å². The second kappa shape index (κ2) is 7.98. The average molecular weight is 345 g/mol. The highest BCUT2D eigenvalue weighted by molar-refractivity contribution is 5.87. The van der Waals surface area contributed by atoms with Crippen molar-refractivity contribution in [3.8, 4) is 11.1 Å². The van der Waals surface area contributed by atoms with Gasteiger partial charge in [0, 0.05) is 18.0 Å². The minimum Gasteiger partial charge on any atom is -0.466 e. The number of rotatable bonds is 5. The number of aromatic nitrogens is 1. The van der Waals surface area contributed by atoms with Gasteiger partial charge in [0.25, 0.3) is 0 Å². The van der Waals surface area contributed by atoms with Crippen LogP contribution in [0, 0.1) is 0 Å². The number of nitrogens with zero attached hydrogens (tertiary/aromatic N) is 1. The van der Waals surface area contributed by atoms with Crippen LogP contribution in [0.3, 0.4) is 0 Å². The normalized spacial score (nSPS) is 10.7. The molecular formula is C21H19N3O2. The molecule has 1 heterocycles. The molecule has 0 amide bonds. The molecule has 5 nitrogen and oxygen atoms in total. The Morgan fingerprint density at radius 3 is 2.62 bits per heavy atom. The zero-order valence-electron chi connectivity index (χ0n) is 14.3. The van der Waals surface area contributed by atoms with Crippen LogP contribution in [-0.4, -0.2) is 18.1 Å². The maximum atomic E-state index is 11.3. The van der Waals surface area contributed by atoms with Gasteiger partial charge in [0.15, 0.2) is 5.82 Å². The number of anilines is 3. The third kappa shape index (κ3) is 4.27. The summed E-state index contributed by atoms with van der Waals surface area (Å²) < 4.78 is 4.62. The number of benzene rings is 2.